The Balaban J connectivity index is 2.27. The average Bonchev–Trinajstić information content (AvgIpc) is 2.49. The van der Waals surface area contributed by atoms with E-state index in [1.165, 1.54) is 0 Å². The minimum absolute atomic E-state index is 0.0985. The van der Waals surface area contributed by atoms with Crippen LogP contribution in [0.3, 0.4) is 0 Å². The predicted molar refractivity (Wildman–Crippen MR) is 62.5 cm³/mol. The molecular weight excluding hydrogens is 244 g/mol. The molecule has 0 saturated carbocycles. The summed E-state index contributed by atoms with van der Waals surface area (Å²) in [5, 5.41) is 15.6. The molecule has 4 atom stereocenters. The van der Waals surface area contributed by atoms with E-state index in [0.717, 1.165) is 0 Å². The highest BCUT2D eigenvalue weighted by Gasteiger charge is 2.68. The highest BCUT2D eigenvalue weighted by atomic mass is 35.5. The van der Waals surface area contributed by atoms with Gasteiger partial charge in [0, 0.05) is 5.88 Å². The van der Waals surface area contributed by atoms with Gasteiger partial charge < -0.3 is 15.7 Å². The van der Waals surface area contributed by atoms with Gasteiger partial charge in [-0.25, -0.2) is 0 Å². The van der Waals surface area contributed by atoms with Crippen LogP contribution in [-0.4, -0.2) is 40.5 Å². The third kappa shape index (κ3) is 1.56. The van der Waals surface area contributed by atoms with Crippen molar-refractivity contribution in [3.63, 3.8) is 0 Å². The number of β-lactam (4-membered cyclic amide) rings is 1. The maximum Gasteiger partial charge on any atom is 0.251 e. The second kappa shape index (κ2) is 4.14. The van der Waals surface area contributed by atoms with Gasteiger partial charge in [-0.15, -0.1) is 11.6 Å². The molecule has 2 aliphatic heterocycles. The summed E-state index contributed by atoms with van der Waals surface area (Å²) in [5.74, 6) is -0.571. The molecule has 2 fully saturated rings. The van der Waals surface area contributed by atoms with Gasteiger partial charge in [-0.2, -0.15) is 0 Å². The summed E-state index contributed by atoms with van der Waals surface area (Å²) in [4.78, 5) is 23.6. The summed E-state index contributed by atoms with van der Waals surface area (Å²) in [6.45, 7) is 3.65. The Labute approximate surface area is 105 Å². The van der Waals surface area contributed by atoms with Crippen LogP contribution in [-0.2, 0) is 9.59 Å². The third-order valence-corrected chi connectivity index (χ3v) is 3.96. The maximum absolute atomic E-state index is 11.8. The number of aliphatic hydroxyl groups is 1. The van der Waals surface area contributed by atoms with Gasteiger partial charge in [0.25, 0.3) is 5.91 Å². The summed E-state index contributed by atoms with van der Waals surface area (Å²) in [7, 11) is 0. The SMILES string of the molecule is CC(C)C(O)[C@@]12NC(=O)[C@H](CCCl)[C@@H]1NC2=O. The highest BCUT2D eigenvalue weighted by Crippen LogP contribution is 2.39. The van der Waals surface area contributed by atoms with Gasteiger partial charge in [-0.05, 0) is 12.3 Å². The minimum atomic E-state index is -1.14. The highest BCUT2D eigenvalue weighted by molar-refractivity contribution is 6.18. The van der Waals surface area contributed by atoms with Crippen molar-refractivity contribution >= 4 is 23.4 Å². The van der Waals surface area contributed by atoms with Crippen LogP contribution in [0.15, 0.2) is 0 Å². The monoisotopic (exact) mass is 260 g/mol. The molecule has 0 aromatic carbocycles. The zero-order valence-electron chi connectivity index (χ0n) is 9.87. The van der Waals surface area contributed by atoms with Crippen molar-refractivity contribution in [2.24, 2.45) is 11.8 Å². The number of amides is 2. The molecule has 6 heteroatoms. The van der Waals surface area contributed by atoms with Gasteiger partial charge in [0.2, 0.25) is 5.91 Å². The van der Waals surface area contributed by atoms with Crippen LogP contribution in [0.2, 0.25) is 0 Å². The molecule has 2 rings (SSSR count). The van der Waals surface area contributed by atoms with E-state index in [4.69, 9.17) is 11.6 Å². The smallest absolute Gasteiger partial charge is 0.251 e. The molecule has 0 aliphatic carbocycles. The average molecular weight is 261 g/mol. The zero-order valence-corrected chi connectivity index (χ0v) is 10.6. The molecule has 2 aliphatic rings. The summed E-state index contributed by atoms with van der Waals surface area (Å²) < 4.78 is 0. The van der Waals surface area contributed by atoms with E-state index in [-0.39, 0.29) is 29.7 Å². The van der Waals surface area contributed by atoms with Gasteiger partial charge >= 0.3 is 0 Å². The fourth-order valence-corrected chi connectivity index (χ4v) is 3.01. The molecule has 0 aromatic rings. The van der Waals surface area contributed by atoms with Crippen LogP contribution in [0.5, 0.6) is 0 Å². The van der Waals surface area contributed by atoms with E-state index in [0.29, 0.717) is 12.3 Å². The Kier molecular flexibility index (Phi) is 3.08. The summed E-state index contributed by atoms with van der Waals surface area (Å²) in [6.07, 6.45) is -0.365. The van der Waals surface area contributed by atoms with Crippen molar-refractivity contribution in [2.75, 3.05) is 5.88 Å². The Hall–Kier alpha value is -0.810. The van der Waals surface area contributed by atoms with Gasteiger partial charge in [-0.1, -0.05) is 13.8 Å². The van der Waals surface area contributed by atoms with Crippen molar-refractivity contribution in [3.8, 4) is 0 Å². The Morgan fingerprint density at radius 1 is 1.47 bits per heavy atom. The lowest BCUT2D eigenvalue weighted by Crippen LogP contribution is -2.80. The molecule has 17 heavy (non-hydrogen) atoms. The van der Waals surface area contributed by atoms with Gasteiger partial charge in [-0.3, -0.25) is 9.59 Å². The first kappa shape index (κ1) is 12.6. The number of halogens is 1. The zero-order chi connectivity index (χ0) is 12.8. The number of fused-ring (bicyclic) bond motifs is 1. The van der Waals surface area contributed by atoms with Crippen molar-refractivity contribution in [1.82, 2.24) is 10.6 Å². The van der Waals surface area contributed by atoms with Crippen LogP contribution < -0.4 is 10.6 Å². The molecule has 5 nitrogen and oxygen atoms in total. The minimum Gasteiger partial charge on any atom is -0.390 e. The number of rotatable bonds is 4. The Morgan fingerprint density at radius 2 is 2.12 bits per heavy atom. The number of carbonyl (C=O) groups is 2. The lowest BCUT2D eigenvalue weighted by molar-refractivity contribution is -0.148. The molecule has 0 bridgehead atoms. The predicted octanol–water partition coefficient (Wildman–Crippen LogP) is -0.385. The molecule has 0 radical (unpaired) electrons. The second-order valence-corrected chi connectivity index (χ2v) is 5.46. The first-order valence-corrected chi connectivity index (χ1v) is 6.35. The fourth-order valence-electron chi connectivity index (χ4n) is 2.77. The third-order valence-electron chi connectivity index (χ3n) is 3.74. The molecule has 2 heterocycles. The van der Waals surface area contributed by atoms with Crippen LogP contribution in [0, 0.1) is 11.8 Å². The summed E-state index contributed by atoms with van der Waals surface area (Å²) in [6, 6.07) is -0.335. The lowest BCUT2D eigenvalue weighted by Gasteiger charge is -2.48. The van der Waals surface area contributed by atoms with E-state index in [2.05, 4.69) is 10.6 Å². The second-order valence-electron chi connectivity index (χ2n) is 5.08. The molecule has 0 aromatic heterocycles. The molecule has 1 unspecified atom stereocenters. The Bertz CT molecular complexity index is 361. The number of carbonyl (C=O) groups excluding carboxylic acids is 2. The standard InChI is InChI=1S/C11H17ClN2O3/c1-5(2)8(15)11-7(13-10(11)17)6(3-4-12)9(16)14-11/h5-8,15H,3-4H2,1-2H3,(H,13,17)(H,14,16)/t6-,7+,8?,11+/m1/s1. The van der Waals surface area contributed by atoms with E-state index in [1.54, 1.807) is 0 Å². The Morgan fingerprint density at radius 3 is 2.59 bits per heavy atom. The largest absolute Gasteiger partial charge is 0.390 e. The first-order chi connectivity index (χ1) is 7.95. The lowest BCUT2D eigenvalue weighted by atomic mass is 9.71. The fraction of sp³-hybridized carbons (Fsp3) is 0.818. The molecule has 2 saturated heterocycles. The number of aliphatic hydroxyl groups excluding tert-OH is 1. The summed E-state index contributed by atoms with van der Waals surface area (Å²) >= 11 is 5.65. The van der Waals surface area contributed by atoms with E-state index < -0.39 is 11.6 Å². The van der Waals surface area contributed by atoms with Crippen molar-refractivity contribution < 1.29 is 14.7 Å². The van der Waals surface area contributed by atoms with Gasteiger partial charge in [0.15, 0.2) is 5.54 Å². The normalized spacial score (nSPS) is 37.2. The van der Waals surface area contributed by atoms with Gasteiger partial charge in [0.05, 0.1) is 18.1 Å². The van der Waals surface area contributed by atoms with Crippen molar-refractivity contribution in [1.29, 1.82) is 0 Å². The van der Waals surface area contributed by atoms with Crippen molar-refractivity contribution in [3.05, 3.63) is 0 Å². The van der Waals surface area contributed by atoms with E-state index >= 15 is 0 Å². The van der Waals surface area contributed by atoms with E-state index in [1.807, 2.05) is 13.8 Å². The van der Waals surface area contributed by atoms with Crippen molar-refractivity contribution in [2.45, 2.75) is 38.0 Å². The summed E-state index contributed by atoms with van der Waals surface area (Å²) in [5.41, 5.74) is -1.14. The topological polar surface area (TPSA) is 78.4 Å². The molecular formula is C11H17ClN2O3. The van der Waals surface area contributed by atoms with Crippen LogP contribution >= 0.6 is 11.6 Å². The molecule has 3 N–H and O–H groups in total. The van der Waals surface area contributed by atoms with Gasteiger partial charge in [0.1, 0.15) is 0 Å². The molecule has 2 amide bonds. The molecule has 96 valence electrons. The van der Waals surface area contributed by atoms with Crippen LogP contribution in [0.25, 0.3) is 0 Å². The maximum atomic E-state index is 11.8. The van der Waals surface area contributed by atoms with E-state index in [9.17, 15) is 14.7 Å². The number of hydrogen-bond donors (Lipinski definition) is 3. The number of alkyl halides is 1. The first-order valence-electron chi connectivity index (χ1n) is 5.82. The van der Waals surface area contributed by atoms with Crippen LogP contribution in [0.4, 0.5) is 0 Å². The number of nitrogens with one attached hydrogen (secondary N) is 2. The van der Waals surface area contributed by atoms with Crippen LogP contribution in [0.1, 0.15) is 20.3 Å². The number of hydrogen-bond acceptors (Lipinski definition) is 3. The quantitative estimate of drug-likeness (QED) is 0.476. The molecule has 0 spiro atoms.